The van der Waals surface area contributed by atoms with Crippen LogP contribution in [0.3, 0.4) is 0 Å². The van der Waals surface area contributed by atoms with Crippen LogP contribution in [0.25, 0.3) is 22.3 Å². The van der Waals surface area contributed by atoms with Crippen molar-refractivity contribution in [1.82, 2.24) is 20.2 Å². The lowest BCUT2D eigenvalue weighted by atomic mass is 10.1. The molecule has 0 fully saturated rings. The zero-order chi connectivity index (χ0) is 17.4. The summed E-state index contributed by atoms with van der Waals surface area (Å²) >= 11 is 0. The van der Waals surface area contributed by atoms with Crippen LogP contribution in [0.4, 0.5) is 0 Å². The molecule has 5 nitrogen and oxygen atoms in total. The van der Waals surface area contributed by atoms with Gasteiger partial charge in [0.25, 0.3) is 5.91 Å². The third kappa shape index (κ3) is 2.87. The molecule has 126 valence electrons. The minimum Gasteiger partial charge on any atom is -0.351 e. The fourth-order valence-electron chi connectivity index (χ4n) is 3.21. The summed E-state index contributed by atoms with van der Waals surface area (Å²) < 4.78 is 0. The number of nitrogens with one attached hydrogen (secondary N) is 1. The Labute approximate surface area is 146 Å². The van der Waals surface area contributed by atoms with Crippen molar-refractivity contribution in [2.45, 2.75) is 6.42 Å². The number of fused-ring (bicyclic) bond motifs is 4. The molecule has 1 heterocycles. The lowest BCUT2D eigenvalue weighted by Crippen LogP contribution is -2.31. The monoisotopic (exact) mass is 332 g/mol. The van der Waals surface area contributed by atoms with Crippen molar-refractivity contribution >= 4 is 16.9 Å². The molecule has 0 unspecified atom stereocenters. The molecule has 1 aromatic heterocycles. The molecule has 0 spiro atoms. The van der Waals surface area contributed by atoms with Gasteiger partial charge in [0.2, 0.25) is 0 Å². The van der Waals surface area contributed by atoms with Crippen LogP contribution in [0.5, 0.6) is 0 Å². The molecule has 1 aliphatic carbocycles. The number of para-hydroxylation sites is 1. The maximum Gasteiger partial charge on any atom is 0.253 e. The number of aromatic nitrogens is 2. The average molecular weight is 332 g/mol. The number of likely N-dealkylation sites (N-methyl/N-ethyl adjacent to an activating group) is 1. The number of benzene rings is 2. The van der Waals surface area contributed by atoms with Gasteiger partial charge in [0.15, 0.2) is 0 Å². The molecule has 1 aliphatic rings. The Hall–Kier alpha value is -2.79. The van der Waals surface area contributed by atoms with Crippen LogP contribution in [0.15, 0.2) is 42.5 Å². The maximum absolute atomic E-state index is 12.6. The molecule has 0 radical (unpaired) electrons. The van der Waals surface area contributed by atoms with Gasteiger partial charge < -0.3 is 10.2 Å². The molecule has 5 heteroatoms. The van der Waals surface area contributed by atoms with E-state index < -0.39 is 0 Å². The lowest BCUT2D eigenvalue weighted by molar-refractivity contribution is 0.0952. The summed E-state index contributed by atoms with van der Waals surface area (Å²) in [6.07, 6.45) is 0.799. The molecular weight excluding hydrogens is 312 g/mol. The summed E-state index contributed by atoms with van der Waals surface area (Å²) in [6, 6.07) is 13.8. The van der Waals surface area contributed by atoms with Crippen molar-refractivity contribution in [3.63, 3.8) is 0 Å². The Morgan fingerprint density at radius 2 is 1.96 bits per heavy atom. The highest BCUT2D eigenvalue weighted by molar-refractivity contribution is 6.05. The Kier molecular flexibility index (Phi) is 3.93. The van der Waals surface area contributed by atoms with E-state index in [1.54, 1.807) is 0 Å². The minimum absolute atomic E-state index is 0.104. The molecule has 4 rings (SSSR count). The summed E-state index contributed by atoms with van der Waals surface area (Å²) in [5.74, 6) is -0.104. The SMILES string of the molecule is CN(C)CCNC(=O)c1cccc2nc3c(nc12)-c1ccccc1C3. The Bertz CT molecular complexity index is 965. The number of amides is 1. The Morgan fingerprint density at radius 3 is 2.80 bits per heavy atom. The summed E-state index contributed by atoms with van der Waals surface area (Å²) in [5.41, 5.74) is 6.26. The van der Waals surface area contributed by atoms with Crippen molar-refractivity contribution < 1.29 is 4.79 Å². The molecule has 25 heavy (non-hydrogen) atoms. The van der Waals surface area contributed by atoms with Gasteiger partial charge in [-0.25, -0.2) is 9.97 Å². The first kappa shape index (κ1) is 15.7. The van der Waals surface area contributed by atoms with Crippen LogP contribution in [-0.4, -0.2) is 48.0 Å². The molecule has 0 aliphatic heterocycles. The number of nitrogens with zero attached hydrogens (tertiary/aromatic N) is 3. The van der Waals surface area contributed by atoms with Gasteiger partial charge in [-0.15, -0.1) is 0 Å². The lowest BCUT2D eigenvalue weighted by Gasteiger charge is -2.11. The van der Waals surface area contributed by atoms with E-state index in [1.807, 2.05) is 49.3 Å². The van der Waals surface area contributed by atoms with E-state index >= 15 is 0 Å². The van der Waals surface area contributed by atoms with Crippen LogP contribution in [-0.2, 0) is 6.42 Å². The van der Waals surface area contributed by atoms with Gasteiger partial charge in [-0.3, -0.25) is 4.79 Å². The summed E-state index contributed by atoms with van der Waals surface area (Å²) in [6.45, 7) is 1.40. The van der Waals surface area contributed by atoms with Gasteiger partial charge >= 0.3 is 0 Å². The highest BCUT2D eigenvalue weighted by atomic mass is 16.1. The van der Waals surface area contributed by atoms with Crippen molar-refractivity contribution in [2.75, 3.05) is 27.2 Å². The first-order valence-electron chi connectivity index (χ1n) is 8.44. The predicted octanol–water partition coefficient (Wildman–Crippen LogP) is 2.49. The van der Waals surface area contributed by atoms with Gasteiger partial charge in [0, 0.05) is 25.1 Å². The van der Waals surface area contributed by atoms with E-state index in [9.17, 15) is 4.79 Å². The molecule has 3 aromatic rings. The second kappa shape index (κ2) is 6.26. The third-order valence-corrected chi connectivity index (χ3v) is 4.49. The number of rotatable bonds is 4. The topological polar surface area (TPSA) is 58.1 Å². The molecule has 1 amide bonds. The molecule has 0 atom stereocenters. The van der Waals surface area contributed by atoms with E-state index in [2.05, 4.69) is 17.4 Å². The number of hydrogen-bond donors (Lipinski definition) is 1. The zero-order valence-electron chi connectivity index (χ0n) is 14.4. The van der Waals surface area contributed by atoms with E-state index in [1.165, 1.54) is 5.56 Å². The Morgan fingerprint density at radius 1 is 1.12 bits per heavy atom. The largest absolute Gasteiger partial charge is 0.351 e. The van der Waals surface area contributed by atoms with Crippen molar-refractivity contribution in [1.29, 1.82) is 0 Å². The van der Waals surface area contributed by atoms with Crippen LogP contribution < -0.4 is 5.32 Å². The highest BCUT2D eigenvalue weighted by Gasteiger charge is 2.23. The first-order chi connectivity index (χ1) is 12.1. The Balaban J connectivity index is 1.74. The van der Waals surface area contributed by atoms with Crippen LogP contribution in [0.2, 0.25) is 0 Å². The standard InChI is InChI=1S/C20H20N4O/c1-24(2)11-10-21-20(25)15-8-5-9-16-19(15)23-18-14-7-4-3-6-13(14)12-17(18)22-16/h3-9H,10-12H2,1-2H3,(H,21,25). The molecule has 0 saturated heterocycles. The van der Waals surface area contributed by atoms with Gasteiger partial charge in [-0.1, -0.05) is 30.3 Å². The smallest absolute Gasteiger partial charge is 0.253 e. The fraction of sp³-hybridized carbons (Fsp3) is 0.250. The normalized spacial score (nSPS) is 12.3. The molecule has 0 bridgehead atoms. The first-order valence-corrected chi connectivity index (χ1v) is 8.44. The molecule has 2 aromatic carbocycles. The minimum atomic E-state index is -0.104. The molecule has 0 saturated carbocycles. The maximum atomic E-state index is 12.6. The van der Waals surface area contributed by atoms with Gasteiger partial charge in [-0.05, 0) is 31.8 Å². The summed E-state index contributed by atoms with van der Waals surface area (Å²) in [5, 5.41) is 2.96. The fourth-order valence-corrected chi connectivity index (χ4v) is 3.21. The molecule has 1 N–H and O–H groups in total. The number of carbonyl (C=O) groups is 1. The third-order valence-electron chi connectivity index (χ3n) is 4.49. The van der Waals surface area contributed by atoms with Crippen molar-refractivity contribution in [3.8, 4) is 11.3 Å². The predicted molar refractivity (Wildman–Crippen MR) is 98.7 cm³/mol. The van der Waals surface area contributed by atoms with E-state index in [4.69, 9.17) is 9.97 Å². The van der Waals surface area contributed by atoms with Crippen molar-refractivity contribution in [2.24, 2.45) is 0 Å². The van der Waals surface area contributed by atoms with E-state index in [-0.39, 0.29) is 5.91 Å². The van der Waals surface area contributed by atoms with Gasteiger partial charge in [-0.2, -0.15) is 0 Å². The summed E-state index contributed by atoms with van der Waals surface area (Å²) in [7, 11) is 3.96. The second-order valence-electron chi connectivity index (χ2n) is 6.59. The van der Waals surface area contributed by atoms with Gasteiger partial charge in [0.05, 0.1) is 22.5 Å². The highest BCUT2D eigenvalue weighted by Crippen LogP contribution is 2.35. The van der Waals surface area contributed by atoms with Crippen molar-refractivity contribution in [3.05, 3.63) is 59.3 Å². The van der Waals surface area contributed by atoms with Gasteiger partial charge in [0.1, 0.15) is 5.52 Å². The number of hydrogen-bond acceptors (Lipinski definition) is 4. The van der Waals surface area contributed by atoms with Crippen LogP contribution in [0.1, 0.15) is 21.6 Å². The van der Waals surface area contributed by atoms with E-state index in [0.717, 1.165) is 35.4 Å². The summed E-state index contributed by atoms with van der Waals surface area (Å²) in [4.78, 5) is 24.2. The average Bonchev–Trinajstić information content (AvgIpc) is 2.96. The quantitative estimate of drug-likeness (QED) is 0.624. The van der Waals surface area contributed by atoms with Crippen LogP contribution >= 0.6 is 0 Å². The zero-order valence-corrected chi connectivity index (χ0v) is 14.4. The second-order valence-corrected chi connectivity index (χ2v) is 6.59. The molecular formula is C20H20N4O. The number of carbonyl (C=O) groups excluding carboxylic acids is 1. The van der Waals surface area contributed by atoms with E-state index in [0.29, 0.717) is 17.6 Å². The van der Waals surface area contributed by atoms with Crippen LogP contribution in [0, 0.1) is 0 Å².